The number of carbonyl (C=O) groups is 1. The van der Waals surface area contributed by atoms with Crippen LogP contribution < -0.4 is 4.90 Å². The Bertz CT molecular complexity index is 523. The van der Waals surface area contributed by atoms with Gasteiger partial charge in [0.1, 0.15) is 0 Å². The molecule has 1 aromatic rings. The highest BCUT2D eigenvalue weighted by Crippen LogP contribution is 2.32. The number of hydrogen-bond donors (Lipinski definition) is 0. The molecule has 21 heavy (non-hydrogen) atoms. The van der Waals surface area contributed by atoms with Crippen LogP contribution in [0.1, 0.15) is 25.3 Å². The molecule has 0 N–H and O–H groups in total. The Labute approximate surface area is 120 Å². The predicted molar refractivity (Wildman–Crippen MR) is 72.6 cm³/mol. The van der Waals surface area contributed by atoms with Crippen molar-refractivity contribution in [2.24, 2.45) is 0 Å². The zero-order valence-electron chi connectivity index (χ0n) is 11.7. The van der Waals surface area contributed by atoms with Gasteiger partial charge in [-0.15, -0.1) is 0 Å². The van der Waals surface area contributed by atoms with Crippen LogP contribution in [0.2, 0.25) is 0 Å². The lowest BCUT2D eigenvalue weighted by Gasteiger charge is -2.21. The first kappa shape index (κ1) is 16.8. The lowest BCUT2D eigenvalue weighted by Crippen LogP contribution is -2.23. The van der Waals surface area contributed by atoms with Crippen LogP contribution in [0.3, 0.4) is 0 Å². The minimum absolute atomic E-state index is 0.0456. The van der Waals surface area contributed by atoms with Crippen molar-refractivity contribution in [3.8, 4) is 0 Å². The van der Waals surface area contributed by atoms with Crippen molar-refractivity contribution in [3.63, 3.8) is 0 Å². The number of carbonyl (C=O) groups excluding carboxylic acids is 1. The van der Waals surface area contributed by atoms with E-state index < -0.39 is 28.6 Å². The molecule has 0 aliphatic heterocycles. The van der Waals surface area contributed by atoms with Gasteiger partial charge in [-0.2, -0.15) is 0 Å². The van der Waals surface area contributed by atoms with Crippen LogP contribution in [0.5, 0.6) is 0 Å². The molecule has 0 aliphatic rings. The minimum atomic E-state index is -2.84. The summed E-state index contributed by atoms with van der Waals surface area (Å²) in [5.41, 5.74) is -0.677. The molecule has 0 radical (unpaired) electrons. The summed E-state index contributed by atoms with van der Waals surface area (Å²) in [6.45, 7) is 2.10. The van der Waals surface area contributed by atoms with Gasteiger partial charge in [-0.25, -0.2) is 8.78 Å². The molecule has 0 aliphatic carbocycles. The average molecular weight is 302 g/mol. The number of alkyl halides is 2. The second-order valence-electron chi connectivity index (χ2n) is 4.28. The highest BCUT2D eigenvalue weighted by molar-refractivity contribution is 5.70. The maximum absolute atomic E-state index is 13.0. The molecule has 1 aromatic carbocycles. The van der Waals surface area contributed by atoms with Gasteiger partial charge in [-0.05, 0) is 13.0 Å². The van der Waals surface area contributed by atoms with E-state index in [1.54, 1.807) is 6.92 Å². The predicted octanol–water partition coefficient (Wildman–Crippen LogP) is 2.92. The summed E-state index contributed by atoms with van der Waals surface area (Å²) in [6, 6.07) is 3.26. The zero-order valence-corrected chi connectivity index (χ0v) is 11.7. The first-order valence-electron chi connectivity index (χ1n) is 6.30. The van der Waals surface area contributed by atoms with Gasteiger partial charge in [-0.3, -0.25) is 14.9 Å². The third kappa shape index (κ3) is 4.66. The summed E-state index contributed by atoms with van der Waals surface area (Å²) < 4.78 is 30.8. The lowest BCUT2D eigenvalue weighted by molar-refractivity contribution is -0.385. The fourth-order valence-electron chi connectivity index (χ4n) is 1.79. The molecule has 0 atom stereocenters. The Balaban J connectivity index is 2.90. The number of nitro benzene ring substituents is 1. The monoisotopic (exact) mass is 302 g/mol. The Morgan fingerprint density at radius 1 is 1.48 bits per heavy atom. The average Bonchev–Trinajstić information content (AvgIpc) is 2.44. The van der Waals surface area contributed by atoms with E-state index in [9.17, 15) is 23.7 Å². The Morgan fingerprint density at radius 2 is 2.14 bits per heavy atom. The SMILES string of the molecule is CCOC(=O)CCN(C)c1ccc([N+](=O)[O-])cc1C(F)F. The highest BCUT2D eigenvalue weighted by atomic mass is 19.3. The van der Waals surface area contributed by atoms with Crippen LogP contribution in [0.25, 0.3) is 0 Å². The first-order valence-corrected chi connectivity index (χ1v) is 6.30. The van der Waals surface area contributed by atoms with E-state index in [4.69, 9.17) is 4.74 Å². The topological polar surface area (TPSA) is 72.7 Å². The summed E-state index contributed by atoms with van der Waals surface area (Å²) in [7, 11) is 1.53. The molecule has 0 saturated carbocycles. The van der Waals surface area contributed by atoms with E-state index in [1.807, 2.05) is 0 Å². The standard InChI is InChI=1S/C13H16F2N2O4/c1-3-21-12(18)6-7-16(2)11-5-4-9(17(19)20)8-10(11)13(14)15/h4-5,8,13H,3,6-7H2,1-2H3. The molecule has 0 amide bonds. The van der Waals surface area contributed by atoms with Gasteiger partial charge in [0.15, 0.2) is 0 Å². The molecule has 0 spiro atoms. The zero-order chi connectivity index (χ0) is 16.0. The Morgan fingerprint density at radius 3 is 2.67 bits per heavy atom. The third-order valence-corrected chi connectivity index (χ3v) is 2.82. The molecule has 0 bridgehead atoms. The van der Waals surface area contributed by atoms with E-state index in [-0.39, 0.29) is 25.3 Å². The second-order valence-corrected chi connectivity index (χ2v) is 4.28. The number of nitro groups is 1. The maximum atomic E-state index is 13.0. The fourth-order valence-corrected chi connectivity index (χ4v) is 1.79. The van der Waals surface area contributed by atoms with Crippen molar-refractivity contribution < 1.29 is 23.2 Å². The van der Waals surface area contributed by atoms with Crippen LogP contribution >= 0.6 is 0 Å². The number of rotatable bonds is 7. The smallest absolute Gasteiger partial charge is 0.307 e. The molecule has 0 saturated heterocycles. The van der Waals surface area contributed by atoms with Gasteiger partial charge in [0.2, 0.25) is 0 Å². The number of benzene rings is 1. The van der Waals surface area contributed by atoms with Gasteiger partial charge in [0, 0.05) is 37.0 Å². The quantitative estimate of drug-likeness (QED) is 0.440. The summed E-state index contributed by atoms with van der Waals surface area (Å²) in [5.74, 6) is -0.426. The summed E-state index contributed by atoms with van der Waals surface area (Å²) >= 11 is 0. The van der Waals surface area contributed by atoms with Gasteiger partial charge in [0.05, 0.1) is 18.0 Å². The first-order chi connectivity index (χ1) is 9.86. The van der Waals surface area contributed by atoms with E-state index in [0.717, 1.165) is 12.1 Å². The maximum Gasteiger partial charge on any atom is 0.307 e. The highest BCUT2D eigenvalue weighted by Gasteiger charge is 2.20. The molecule has 0 heterocycles. The van der Waals surface area contributed by atoms with Gasteiger partial charge in [-0.1, -0.05) is 0 Å². The third-order valence-electron chi connectivity index (χ3n) is 2.82. The molecule has 0 fully saturated rings. The summed E-state index contributed by atoms with van der Waals surface area (Å²) in [6.07, 6.45) is -2.80. The molecule has 6 nitrogen and oxygen atoms in total. The number of hydrogen-bond acceptors (Lipinski definition) is 5. The Kier molecular flexibility index (Phi) is 6.01. The van der Waals surface area contributed by atoms with Gasteiger partial charge < -0.3 is 9.64 Å². The second kappa shape index (κ2) is 7.51. The molecular formula is C13H16F2N2O4. The normalized spacial score (nSPS) is 10.5. The summed E-state index contributed by atoms with van der Waals surface area (Å²) in [4.78, 5) is 22.6. The van der Waals surface area contributed by atoms with Crippen molar-refractivity contribution in [1.82, 2.24) is 0 Å². The van der Waals surface area contributed by atoms with E-state index in [1.165, 1.54) is 18.0 Å². The van der Waals surface area contributed by atoms with Crippen LogP contribution in [0, 0.1) is 10.1 Å². The van der Waals surface area contributed by atoms with Crippen molar-refractivity contribution in [3.05, 3.63) is 33.9 Å². The summed E-state index contributed by atoms with van der Waals surface area (Å²) in [5, 5.41) is 10.6. The van der Waals surface area contributed by atoms with E-state index >= 15 is 0 Å². The van der Waals surface area contributed by atoms with Crippen LogP contribution in [0.15, 0.2) is 18.2 Å². The number of anilines is 1. The molecule has 8 heteroatoms. The number of non-ortho nitro benzene ring substituents is 1. The van der Waals surface area contributed by atoms with Gasteiger partial charge in [0.25, 0.3) is 12.1 Å². The van der Waals surface area contributed by atoms with Crippen LogP contribution in [-0.2, 0) is 9.53 Å². The van der Waals surface area contributed by atoms with Crippen molar-refractivity contribution >= 4 is 17.3 Å². The molecular weight excluding hydrogens is 286 g/mol. The van der Waals surface area contributed by atoms with Crippen molar-refractivity contribution in [2.45, 2.75) is 19.8 Å². The van der Waals surface area contributed by atoms with Crippen LogP contribution in [0.4, 0.5) is 20.2 Å². The Hall–Kier alpha value is -2.25. The molecule has 0 unspecified atom stereocenters. The number of halogens is 2. The number of ether oxygens (including phenoxy) is 1. The minimum Gasteiger partial charge on any atom is -0.466 e. The van der Waals surface area contributed by atoms with E-state index in [0.29, 0.717) is 0 Å². The largest absolute Gasteiger partial charge is 0.466 e. The van der Waals surface area contributed by atoms with Gasteiger partial charge >= 0.3 is 5.97 Å². The van der Waals surface area contributed by atoms with Crippen LogP contribution in [-0.4, -0.2) is 31.1 Å². The number of esters is 1. The fraction of sp³-hybridized carbons (Fsp3) is 0.462. The van der Waals surface area contributed by atoms with Crippen molar-refractivity contribution in [2.75, 3.05) is 25.1 Å². The number of nitrogens with zero attached hydrogens (tertiary/aromatic N) is 2. The lowest BCUT2D eigenvalue weighted by atomic mass is 10.1. The van der Waals surface area contributed by atoms with E-state index in [2.05, 4.69) is 0 Å². The molecule has 1 rings (SSSR count). The molecule has 116 valence electrons. The van der Waals surface area contributed by atoms with Crippen molar-refractivity contribution in [1.29, 1.82) is 0 Å². The molecule has 0 aromatic heterocycles.